The number of pyridine rings is 1. The van der Waals surface area contributed by atoms with Crippen molar-refractivity contribution in [3.63, 3.8) is 0 Å². The van der Waals surface area contributed by atoms with Gasteiger partial charge in [0, 0.05) is 39.5 Å². The first kappa shape index (κ1) is 29.6. The molecule has 0 amide bonds. The first-order valence-electron chi connectivity index (χ1n) is 15.9. The summed E-state index contributed by atoms with van der Waals surface area (Å²) in [7, 11) is 0. The number of hydrogen-bond acceptors (Lipinski definition) is 2. The van der Waals surface area contributed by atoms with Crippen LogP contribution in [0.5, 0.6) is 0 Å². The molecule has 0 saturated heterocycles. The molecule has 0 spiro atoms. The van der Waals surface area contributed by atoms with Crippen LogP contribution in [0.1, 0.15) is 13.8 Å². The molecular formula is C43H35N4+. The third-order valence-corrected chi connectivity index (χ3v) is 8.31. The lowest BCUT2D eigenvalue weighted by Gasteiger charge is -2.11. The van der Waals surface area contributed by atoms with Crippen molar-refractivity contribution in [3.05, 3.63) is 176 Å². The summed E-state index contributed by atoms with van der Waals surface area (Å²) in [6, 6.07) is 61.0. The molecule has 7 aromatic rings. The molecule has 4 heteroatoms. The fourth-order valence-corrected chi connectivity index (χ4v) is 5.76. The highest BCUT2D eigenvalue weighted by Gasteiger charge is 2.24. The van der Waals surface area contributed by atoms with Gasteiger partial charge in [0.2, 0.25) is 11.4 Å². The Balaban J connectivity index is 1.42. The lowest BCUT2D eigenvalue weighted by molar-refractivity contribution is -0.656. The molecule has 5 aromatic carbocycles. The van der Waals surface area contributed by atoms with Crippen molar-refractivity contribution < 1.29 is 4.68 Å². The van der Waals surface area contributed by atoms with Crippen molar-refractivity contribution in [2.24, 2.45) is 10.2 Å². The molecule has 0 aliphatic heterocycles. The van der Waals surface area contributed by atoms with Gasteiger partial charge in [-0.25, -0.2) is 4.68 Å². The van der Waals surface area contributed by atoms with Gasteiger partial charge in [-0.3, -0.25) is 0 Å². The van der Waals surface area contributed by atoms with Crippen molar-refractivity contribution in [2.45, 2.75) is 13.8 Å². The third kappa shape index (κ3) is 6.35. The average molecular weight is 608 g/mol. The number of hydrogen-bond donors (Lipinski definition) is 0. The lowest BCUT2D eigenvalue weighted by atomic mass is 10.00. The Labute approximate surface area is 276 Å². The first-order valence-corrected chi connectivity index (χ1v) is 15.9. The zero-order valence-electron chi connectivity index (χ0n) is 26.5. The fraction of sp³-hybridized carbons (Fsp3) is 0.0465. The summed E-state index contributed by atoms with van der Waals surface area (Å²) in [5.41, 5.74) is 12.3. The molecule has 0 aliphatic rings. The zero-order valence-corrected chi connectivity index (χ0v) is 26.5. The maximum atomic E-state index is 5.32. The molecule has 4 nitrogen and oxygen atoms in total. The van der Waals surface area contributed by atoms with E-state index >= 15 is 0 Å². The van der Waals surface area contributed by atoms with Crippen molar-refractivity contribution in [2.75, 3.05) is 0 Å². The Morgan fingerprint density at radius 3 is 1.17 bits per heavy atom. The standard InChI is InChI=1S/C43H35N4/c1-32(44-46-40(35-20-10-4-11-21-35)28-29-41(46)36-22-12-5-13-23-36)33(2)45-47-42(37-24-14-6-15-25-37)30-39(34-18-8-3-9-19-34)31-43(47)38-26-16-7-17-27-38/h3-31H,1-2H3/q+1/b44-32+,45-33+. The number of rotatable bonds is 8. The van der Waals surface area contributed by atoms with Gasteiger partial charge in [-0.2, -0.15) is 5.10 Å². The molecule has 0 fully saturated rings. The highest BCUT2D eigenvalue weighted by Crippen LogP contribution is 2.31. The van der Waals surface area contributed by atoms with E-state index in [2.05, 4.69) is 156 Å². The summed E-state index contributed by atoms with van der Waals surface area (Å²) < 4.78 is 4.11. The van der Waals surface area contributed by atoms with Crippen molar-refractivity contribution in [1.82, 2.24) is 4.68 Å². The molecule has 0 unspecified atom stereocenters. The Kier molecular flexibility index (Phi) is 8.48. The van der Waals surface area contributed by atoms with Crippen LogP contribution >= 0.6 is 0 Å². The molecule has 0 radical (unpaired) electrons. The number of benzene rings is 5. The van der Waals surface area contributed by atoms with Crippen LogP contribution in [0.15, 0.2) is 186 Å². The van der Waals surface area contributed by atoms with E-state index in [1.165, 1.54) is 0 Å². The van der Waals surface area contributed by atoms with E-state index in [1.807, 2.05) is 42.8 Å². The van der Waals surface area contributed by atoms with Gasteiger partial charge in [-0.15, -0.1) is 0 Å². The average Bonchev–Trinajstić information content (AvgIpc) is 3.56. The van der Waals surface area contributed by atoms with Crippen LogP contribution in [-0.2, 0) is 0 Å². The Morgan fingerprint density at radius 2 is 0.766 bits per heavy atom. The van der Waals surface area contributed by atoms with E-state index < -0.39 is 0 Å². The van der Waals surface area contributed by atoms with E-state index in [0.717, 1.165) is 67.6 Å². The Morgan fingerprint density at radius 1 is 0.404 bits per heavy atom. The van der Waals surface area contributed by atoms with Gasteiger partial charge in [0.05, 0.1) is 17.1 Å². The molecule has 0 N–H and O–H groups in total. The summed E-state index contributed by atoms with van der Waals surface area (Å²) >= 11 is 0. The molecule has 0 atom stereocenters. The van der Waals surface area contributed by atoms with Gasteiger partial charge in [-0.1, -0.05) is 127 Å². The minimum Gasteiger partial charge on any atom is -0.232 e. The summed E-state index contributed by atoms with van der Waals surface area (Å²) in [6.45, 7) is 4.07. The SMILES string of the molecule is CC(=N\n1c(-c2ccccc2)ccc1-c1ccccc1)/C(C)=N/[n+]1c(-c2ccccc2)cc(-c2ccccc2)cc1-c1ccccc1. The van der Waals surface area contributed by atoms with Crippen LogP contribution in [0.3, 0.4) is 0 Å². The molecule has 0 saturated carbocycles. The second kappa shape index (κ2) is 13.5. The van der Waals surface area contributed by atoms with Crippen molar-refractivity contribution in [1.29, 1.82) is 0 Å². The van der Waals surface area contributed by atoms with Crippen molar-refractivity contribution >= 4 is 11.4 Å². The van der Waals surface area contributed by atoms with Crippen LogP contribution in [0.4, 0.5) is 0 Å². The predicted octanol–water partition coefficient (Wildman–Crippen LogP) is 10.3. The van der Waals surface area contributed by atoms with E-state index in [0.29, 0.717) is 0 Å². The maximum Gasteiger partial charge on any atom is 0.246 e. The van der Waals surface area contributed by atoms with Gasteiger partial charge in [0.15, 0.2) is 0 Å². The second-order valence-electron chi connectivity index (χ2n) is 11.4. The van der Waals surface area contributed by atoms with Crippen molar-refractivity contribution in [3.8, 4) is 56.2 Å². The summed E-state index contributed by atoms with van der Waals surface area (Å²) in [5.74, 6) is 0. The predicted molar refractivity (Wildman–Crippen MR) is 195 cm³/mol. The molecule has 0 bridgehead atoms. The number of nitrogens with zero attached hydrogens (tertiary/aromatic N) is 4. The largest absolute Gasteiger partial charge is 0.246 e. The molecule has 7 rings (SSSR count). The molecule has 2 aromatic heterocycles. The molecule has 2 heterocycles. The molecule has 0 aliphatic carbocycles. The second-order valence-corrected chi connectivity index (χ2v) is 11.4. The van der Waals surface area contributed by atoms with Gasteiger partial charge in [0.1, 0.15) is 5.71 Å². The molecule has 47 heavy (non-hydrogen) atoms. The summed E-state index contributed by atoms with van der Waals surface area (Å²) in [5, 5.41) is 10.5. The van der Waals surface area contributed by atoms with E-state index in [1.54, 1.807) is 0 Å². The minimum atomic E-state index is 0.809. The van der Waals surface area contributed by atoms with Crippen LogP contribution in [-0.4, -0.2) is 16.1 Å². The quantitative estimate of drug-likeness (QED) is 0.122. The highest BCUT2D eigenvalue weighted by molar-refractivity contribution is 6.40. The summed E-state index contributed by atoms with van der Waals surface area (Å²) in [6.07, 6.45) is 0. The van der Waals surface area contributed by atoms with Crippen LogP contribution in [0.2, 0.25) is 0 Å². The summed E-state index contributed by atoms with van der Waals surface area (Å²) in [4.78, 5) is 0. The molecule has 226 valence electrons. The third-order valence-electron chi connectivity index (χ3n) is 8.31. The Bertz CT molecular complexity index is 2050. The fourth-order valence-electron chi connectivity index (χ4n) is 5.76. The zero-order chi connectivity index (χ0) is 32.0. The Hall–Kier alpha value is -6.13. The number of aromatic nitrogens is 2. The topological polar surface area (TPSA) is 33.5 Å². The van der Waals surface area contributed by atoms with Gasteiger partial charge in [-0.05, 0) is 66.0 Å². The van der Waals surface area contributed by atoms with Crippen LogP contribution in [0, 0.1) is 0 Å². The van der Waals surface area contributed by atoms with E-state index in [4.69, 9.17) is 10.2 Å². The minimum absolute atomic E-state index is 0.809. The normalized spacial score (nSPS) is 11.9. The van der Waals surface area contributed by atoms with E-state index in [-0.39, 0.29) is 0 Å². The monoisotopic (exact) mass is 607 g/mol. The van der Waals surface area contributed by atoms with E-state index in [9.17, 15) is 0 Å². The van der Waals surface area contributed by atoms with Gasteiger partial charge < -0.3 is 0 Å². The van der Waals surface area contributed by atoms with Crippen LogP contribution < -0.4 is 4.68 Å². The maximum absolute atomic E-state index is 5.32. The van der Waals surface area contributed by atoms with Crippen LogP contribution in [0.25, 0.3) is 56.2 Å². The highest BCUT2D eigenvalue weighted by atomic mass is 15.4. The molecular weight excluding hydrogens is 573 g/mol. The first-order chi connectivity index (χ1) is 23.2. The smallest absolute Gasteiger partial charge is 0.232 e. The van der Waals surface area contributed by atoms with Gasteiger partial charge in [0.25, 0.3) is 0 Å². The lowest BCUT2D eigenvalue weighted by Crippen LogP contribution is -2.36. The van der Waals surface area contributed by atoms with Gasteiger partial charge >= 0.3 is 0 Å².